The second-order valence-electron chi connectivity index (χ2n) is 7.03. The number of ether oxygens (including phenoxy) is 1. The van der Waals surface area contributed by atoms with Gasteiger partial charge in [0.2, 0.25) is 0 Å². The summed E-state index contributed by atoms with van der Waals surface area (Å²) in [6.07, 6.45) is 2.25. The number of aromatic hydroxyl groups is 1. The molecule has 0 saturated carbocycles. The van der Waals surface area contributed by atoms with Gasteiger partial charge in [-0.1, -0.05) is 13.8 Å². The highest BCUT2D eigenvalue weighted by atomic mass is 127. The third-order valence-electron chi connectivity index (χ3n) is 4.51. The standard InChI is InChI=1S/C19H32N4O2.HI/c1-14(2)13-23-9-7-16(8-10-23)22-19(20-3)21-12-15-11-17(25-4)5-6-18(15)24;/h5-6,11,14,16,24H,7-10,12-13H2,1-4H3,(H2,20,21,22);1H. The fraction of sp³-hybridized carbons (Fsp3) is 0.632. The van der Waals surface area contributed by atoms with Crippen molar-refractivity contribution in [2.75, 3.05) is 33.8 Å². The van der Waals surface area contributed by atoms with Gasteiger partial charge in [0.15, 0.2) is 5.96 Å². The molecule has 1 heterocycles. The number of piperidine rings is 1. The van der Waals surface area contributed by atoms with Gasteiger partial charge in [-0.2, -0.15) is 0 Å². The van der Waals surface area contributed by atoms with E-state index in [2.05, 4.69) is 34.4 Å². The van der Waals surface area contributed by atoms with Crippen molar-refractivity contribution in [1.29, 1.82) is 0 Å². The van der Waals surface area contributed by atoms with Crippen LogP contribution in [0.25, 0.3) is 0 Å². The summed E-state index contributed by atoms with van der Waals surface area (Å²) >= 11 is 0. The van der Waals surface area contributed by atoms with Gasteiger partial charge < -0.3 is 25.4 Å². The first-order valence-electron chi connectivity index (χ1n) is 9.07. The number of likely N-dealkylation sites (tertiary alicyclic amines) is 1. The van der Waals surface area contributed by atoms with Crippen LogP contribution in [0, 0.1) is 5.92 Å². The Bertz CT molecular complexity index is 573. The highest BCUT2D eigenvalue weighted by Crippen LogP contribution is 2.22. The molecule has 0 spiro atoms. The van der Waals surface area contributed by atoms with Crippen LogP contribution in [0.15, 0.2) is 23.2 Å². The van der Waals surface area contributed by atoms with Crippen LogP contribution in [-0.4, -0.2) is 55.8 Å². The summed E-state index contributed by atoms with van der Waals surface area (Å²) in [5, 5.41) is 16.8. The first-order chi connectivity index (χ1) is 12.0. The van der Waals surface area contributed by atoms with Gasteiger partial charge in [0.05, 0.1) is 7.11 Å². The molecule has 0 aromatic heterocycles. The maximum atomic E-state index is 9.98. The molecular weight excluding hydrogens is 443 g/mol. The molecule has 0 aliphatic carbocycles. The van der Waals surface area contributed by atoms with Crippen molar-refractivity contribution in [1.82, 2.24) is 15.5 Å². The molecule has 6 nitrogen and oxygen atoms in total. The van der Waals surface area contributed by atoms with Gasteiger partial charge in [-0.05, 0) is 37.0 Å². The second kappa shape index (κ2) is 11.5. The summed E-state index contributed by atoms with van der Waals surface area (Å²) in [4.78, 5) is 6.84. The van der Waals surface area contributed by atoms with Crippen LogP contribution in [0.3, 0.4) is 0 Å². The average Bonchev–Trinajstić information content (AvgIpc) is 2.60. The van der Waals surface area contributed by atoms with Crippen LogP contribution in [0.2, 0.25) is 0 Å². The second-order valence-corrected chi connectivity index (χ2v) is 7.03. The van der Waals surface area contributed by atoms with Gasteiger partial charge in [0.25, 0.3) is 0 Å². The number of aliphatic imine (C=N–C) groups is 1. The summed E-state index contributed by atoms with van der Waals surface area (Å²) in [7, 11) is 3.39. The zero-order valence-electron chi connectivity index (χ0n) is 16.3. The number of hydrogen-bond donors (Lipinski definition) is 3. The molecule has 1 aromatic carbocycles. The minimum atomic E-state index is 0. The van der Waals surface area contributed by atoms with Crippen molar-refractivity contribution in [2.45, 2.75) is 39.3 Å². The van der Waals surface area contributed by atoms with E-state index in [4.69, 9.17) is 4.74 Å². The van der Waals surface area contributed by atoms with Crippen molar-refractivity contribution in [2.24, 2.45) is 10.9 Å². The van der Waals surface area contributed by atoms with E-state index in [9.17, 15) is 5.11 Å². The number of phenols is 1. The molecule has 1 aliphatic rings. The lowest BCUT2D eigenvalue weighted by molar-refractivity contribution is 0.187. The quantitative estimate of drug-likeness (QED) is 0.335. The van der Waals surface area contributed by atoms with E-state index in [-0.39, 0.29) is 29.7 Å². The van der Waals surface area contributed by atoms with Gasteiger partial charge in [-0.15, -0.1) is 24.0 Å². The van der Waals surface area contributed by atoms with E-state index < -0.39 is 0 Å². The summed E-state index contributed by atoms with van der Waals surface area (Å²) in [5.74, 6) is 2.47. The minimum absolute atomic E-state index is 0. The Hall–Kier alpha value is -1.22. The molecular formula is C19H33IN4O2. The molecule has 7 heteroatoms. The smallest absolute Gasteiger partial charge is 0.191 e. The Morgan fingerprint density at radius 1 is 1.35 bits per heavy atom. The number of hydrogen-bond acceptors (Lipinski definition) is 4. The van der Waals surface area contributed by atoms with Crippen molar-refractivity contribution in [3.05, 3.63) is 23.8 Å². The highest BCUT2D eigenvalue weighted by Gasteiger charge is 2.20. The monoisotopic (exact) mass is 476 g/mol. The highest BCUT2D eigenvalue weighted by molar-refractivity contribution is 14.0. The number of benzene rings is 1. The normalized spacial score (nSPS) is 16.3. The van der Waals surface area contributed by atoms with Crippen molar-refractivity contribution >= 4 is 29.9 Å². The molecule has 0 bridgehead atoms. The van der Waals surface area contributed by atoms with Gasteiger partial charge in [-0.25, -0.2) is 0 Å². The average molecular weight is 476 g/mol. The van der Waals surface area contributed by atoms with Gasteiger partial charge >= 0.3 is 0 Å². The predicted molar refractivity (Wildman–Crippen MR) is 118 cm³/mol. The first-order valence-corrected chi connectivity index (χ1v) is 9.07. The Kier molecular flexibility index (Phi) is 10.1. The third-order valence-corrected chi connectivity index (χ3v) is 4.51. The van der Waals surface area contributed by atoms with Crippen LogP contribution in [0.1, 0.15) is 32.3 Å². The van der Waals surface area contributed by atoms with E-state index in [1.165, 1.54) is 6.54 Å². The molecule has 0 amide bonds. The number of nitrogens with one attached hydrogen (secondary N) is 2. The third kappa shape index (κ3) is 7.19. The van der Waals surface area contributed by atoms with E-state index in [0.29, 0.717) is 12.6 Å². The number of nitrogens with zero attached hydrogens (tertiary/aromatic N) is 2. The fourth-order valence-electron chi connectivity index (χ4n) is 3.17. The lowest BCUT2D eigenvalue weighted by Gasteiger charge is -2.34. The van der Waals surface area contributed by atoms with Crippen LogP contribution in [-0.2, 0) is 6.54 Å². The zero-order chi connectivity index (χ0) is 18.2. The molecule has 1 aliphatic heterocycles. The van der Waals surface area contributed by atoms with Crippen LogP contribution >= 0.6 is 24.0 Å². The maximum absolute atomic E-state index is 9.98. The lowest BCUT2D eigenvalue weighted by Crippen LogP contribution is -2.48. The van der Waals surface area contributed by atoms with Crippen LogP contribution in [0.4, 0.5) is 0 Å². The number of rotatable bonds is 6. The number of methoxy groups -OCH3 is 1. The number of phenolic OH excluding ortho intramolecular Hbond substituents is 1. The first kappa shape index (κ1) is 22.8. The Balaban J connectivity index is 0.00000338. The van der Waals surface area contributed by atoms with Gasteiger partial charge in [0, 0.05) is 44.8 Å². The van der Waals surface area contributed by atoms with Crippen molar-refractivity contribution in [3.8, 4) is 11.5 Å². The lowest BCUT2D eigenvalue weighted by atomic mass is 10.0. The molecule has 1 aromatic rings. The van der Waals surface area contributed by atoms with Crippen molar-refractivity contribution < 1.29 is 9.84 Å². The number of halogens is 1. The summed E-state index contributed by atoms with van der Waals surface area (Å²) in [6.45, 7) is 8.46. The minimum Gasteiger partial charge on any atom is -0.508 e. The number of guanidine groups is 1. The molecule has 1 fully saturated rings. The Labute approximate surface area is 174 Å². The molecule has 0 atom stereocenters. The van der Waals surface area contributed by atoms with Gasteiger partial charge in [0.1, 0.15) is 11.5 Å². The molecule has 148 valence electrons. The summed E-state index contributed by atoms with van der Waals surface area (Å²) in [5.41, 5.74) is 0.786. The van der Waals surface area contributed by atoms with Crippen LogP contribution in [0.5, 0.6) is 11.5 Å². The molecule has 2 rings (SSSR count). The topological polar surface area (TPSA) is 69.1 Å². The van der Waals surface area contributed by atoms with E-state index in [0.717, 1.165) is 49.1 Å². The van der Waals surface area contributed by atoms with E-state index >= 15 is 0 Å². The van der Waals surface area contributed by atoms with Crippen molar-refractivity contribution in [3.63, 3.8) is 0 Å². The van der Waals surface area contributed by atoms with Gasteiger partial charge in [-0.3, -0.25) is 4.99 Å². The van der Waals surface area contributed by atoms with E-state index in [1.807, 2.05) is 6.07 Å². The largest absolute Gasteiger partial charge is 0.508 e. The Morgan fingerprint density at radius 3 is 2.62 bits per heavy atom. The molecule has 1 saturated heterocycles. The predicted octanol–water partition coefficient (Wildman–Crippen LogP) is 2.80. The van der Waals surface area contributed by atoms with E-state index in [1.54, 1.807) is 26.3 Å². The zero-order valence-corrected chi connectivity index (χ0v) is 18.6. The summed E-state index contributed by atoms with van der Waals surface area (Å²) in [6, 6.07) is 5.67. The van der Waals surface area contributed by atoms with Crippen LogP contribution < -0.4 is 15.4 Å². The summed E-state index contributed by atoms with van der Waals surface area (Å²) < 4.78 is 5.21. The SMILES string of the molecule is CN=C(NCc1cc(OC)ccc1O)NC1CCN(CC(C)C)CC1.I. The Morgan fingerprint density at radius 2 is 2.04 bits per heavy atom. The maximum Gasteiger partial charge on any atom is 0.191 e. The molecule has 26 heavy (non-hydrogen) atoms. The molecule has 3 N–H and O–H groups in total. The molecule has 0 radical (unpaired) electrons. The fourth-order valence-corrected chi connectivity index (χ4v) is 3.17. The molecule has 0 unspecified atom stereocenters.